The topological polar surface area (TPSA) is 79.2 Å². The molecular weight excluding hydrogens is 202 g/mol. The highest BCUT2D eigenvalue weighted by atomic mass is 16.7. The zero-order chi connectivity index (χ0) is 10.9. The van der Waals surface area contributed by atoms with Crippen LogP contribution in [0.25, 0.3) is 0 Å². The molecule has 1 spiro atoms. The molecule has 6 heteroatoms. The van der Waals surface area contributed by atoms with Crippen LogP contribution in [0.5, 0.6) is 0 Å². The maximum Gasteiger partial charge on any atom is 0.407 e. The third-order valence-corrected chi connectivity index (χ3v) is 2.99. The quantitative estimate of drug-likeness (QED) is 0.639. The molecule has 15 heavy (non-hydrogen) atoms. The van der Waals surface area contributed by atoms with Gasteiger partial charge in [-0.25, -0.2) is 4.79 Å². The van der Waals surface area contributed by atoms with Gasteiger partial charge in [-0.15, -0.1) is 0 Å². The lowest BCUT2D eigenvalue weighted by molar-refractivity contribution is -0.195. The van der Waals surface area contributed by atoms with Crippen LogP contribution in [0, 0.1) is 0 Å². The molecule has 2 fully saturated rings. The molecule has 6 nitrogen and oxygen atoms in total. The number of amides is 1. The van der Waals surface area contributed by atoms with E-state index in [-0.39, 0.29) is 6.61 Å². The van der Waals surface area contributed by atoms with Crippen molar-refractivity contribution < 1.29 is 24.5 Å². The normalized spacial score (nSPS) is 29.7. The lowest BCUT2D eigenvalue weighted by atomic mass is 9.97. The van der Waals surface area contributed by atoms with Gasteiger partial charge in [0.15, 0.2) is 5.79 Å². The molecule has 0 aromatic carbocycles. The van der Waals surface area contributed by atoms with Crippen LogP contribution >= 0.6 is 0 Å². The number of carbonyl (C=O) groups is 1. The van der Waals surface area contributed by atoms with E-state index in [0.717, 1.165) is 0 Å². The third kappa shape index (κ3) is 1.92. The second-order valence-corrected chi connectivity index (χ2v) is 3.87. The number of hydrogen-bond acceptors (Lipinski definition) is 4. The Kier molecular flexibility index (Phi) is 2.81. The molecule has 2 heterocycles. The molecule has 1 atom stereocenters. The van der Waals surface area contributed by atoms with E-state index < -0.39 is 17.9 Å². The summed E-state index contributed by atoms with van der Waals surface area (Å²) < 4.78 is 11.0. The number of aliphatic hydroxyl groups is 1. The van der Waals surface area contributed by atoms with Crippen LogP contribution in [-0.4, -0.2) is 59.4 Å². The van der Waals surface area contributed by atoms with Crippen LogP contribution in [0.2, 0.25) is 0 Å². The number of ether oxygens (including phenoxy) is 2. The first-order valence-corrected chi connectivity index (χ1v) is 5.05. The summed E-state index contributed by atoms with van der Waals surface area (Å²) >= 11 is 0. The standard InChI is InChI=1S/C9H15NO5/c11-6-7-5-9(14-3-4-15-9)1-2-10(7)8(12)13/h7,11H,1-6H2,(H,12,13)/t7-/m1/s1. The summed E-state index contributed by atoms with van der Waals surface area (Å²) in [6.07, 6.45) is -0.0482. The van der Waals surface area contributed by atoms with Crippen molar-refractivity contribution >= 4 is 6.09 Å². The highest BCUT2D eigenvalue weighted by Gasteiger charge is 2.45. The van der Waals surface area contributed by atoms with Crippen molar-refractivity contribution in [3.63, 3.8) is 0 Å². The van der Waals surface area contributed by atoms with Gasteiger partial charge >= 0.3 is 6.09 Å². The number of carboxylic acid groups (broad SMARTS) is 1. The van der Waals surface area contributed by atoms with Crippen LogP contribution in [0.15, 0.2) is 0 Å². The molecule has 2 saturated heterocycles. The van der Waals surface area contributed by atoms with Crippen molar-refractivity contribution in [3.05, 3.63) is 0 Å². The second kappa shape index (κ2) is 3.96. The minimum Gasteiger partial charge on any atom is -0.465 e. The van der Waals surface area contributed by atoms with Crippen LogP contribution in [-0.2, 0) is 9.47 Å². The first-order valence-electron chi connectivity index (χ1n) is 5.05. The fourth-order valence-electron chi connectivity index (χ4n) is 2.22. The Bertz CT molecular complexity index is 251. The lowest BCUT2D eigenvalue weighted by Crippen LogP contribution is -2.54. The van der Waals surface area contributed by atoms with Gasteiger partial charge in [0.05, 0.1) is 25.9 Å². The van der Waals surface area contributed by atoms with Gasteiger partial charge in [0, 0.05) is 19.4 Å². The van der Waals surface area contributed by atoms with Crippen LogP contribution < -0.4 is 0 Å². The first-order chi connectivity index (χ1) is 7.17. The average molecular weight is 217 g/mol. The molecule has 2 aliphatic rings. The first kappa shape index (κ1) is 10.7. The zero-order valence-electron chi connectivity index (χ0n) is 8.39. The van der Waals surface area contributed by atoms with Crippen LogP contribution in [0.1, 0.15) is 12.8 Å². The summed E-state index contributed by atoms with van der Waals surface area (Å²) in [7, 11) is 0. The Morgan fingerprint density at radius 2 is 2.13 bits per heavy atom. The molecule has 0 aliphatic carbocycles. The minimum absolute atomic E-state index is 0.194. The van der Waals surface area contributed by atoms with E-state index in [1.54, 1.807) is 0 Å². The van der Waals surface area contributed by atoms with Crippen molar-refractivity contribution in [2.45, 2.75) is 24.7 Å². The van der Waals surface area contributed by atoms with Gasteiger partial charge < -0.3 is 24.6 Å². The highest BCUT2D eigenvalue weighted by Crippen LogP contribution is 2.34. The van der Waals surface area contributed by atoms with Crippen molar-refractivity contribution in [2.24, 2.45) is 0 Å². The van der Waals surface area contributed by atoms with E-state index in [0.29, 0.717) is 32.6 Å². The molecule has 0 bridgehead atoms. The second-order valence-electron chi connectivity index (χ2n) is 3.87. The molecular formula is C9H15NO5. The summed E-state index contributed by atoms with van der Waals surface area (Å²) in [6, 6.07) is -0.422. The van der Waals surface area contributed by atoms with Crippen LogP contribution in [0.3, 0.4) is 0 Å². The van der Waals surface area contributed by atoms with Gasteiger partial charge in [-0.3, -0.25) is 0 Å². The minimum atomic E-state index is -0.998. The van der Waals surface area contributed by atoms with E-state index in [1.165, 1.54) is 4.90 Å². The lowest BCUT2D eigenvalue weighted by Gasteiger charge is -2.41. The summed E-state index contributed by atoms with van der Waals surface area (Å²) in [4.78, 5) is 12.1. The summed E-state index contributed by atoms with van der Waals surface area (Å²) in [5.41, 5.74) is 0. The van der Waals surface area contributed by atoms with Gasteiger partial charge in [-0.05, 0) is 0 Å². The SMILES string of the molecule is O=C(O)N1CCC2(C[C@@H]1CO)OCCO2. The van der Waals surface area contributed by atoms with E-state index in [1.807, 2.05) is 0 Å². The molecule has 1 amide bonds. The molecule has 0 unspecified atom stereocenters. The van der Waals surface area contributed by atoms with Gasteiger partial charge in [0.25, 0.3) is 0 Å². The summed E-state index contributed by atoms with van der Waals surface area (Å²) in [5.74, 6) is -0.653. The molecule has 2 N–H and O–H groups in total. The molecule has 2 rings (SSSR count). The molecule has 86 valence electrons. The Balaban J connectivity index is 2.05. The predicted octanol–water partition coefficient (Wildman–Crippen LogP) is -0.136. The number of nitrogens with zero attached hydrogens (tertiary/aromatic N) is 1. The number of hydrogen-bond donors (Lipinski definition) is 2. The van der Waals surface area contributed by atoms with Crippen molar-refractivity contribution in [1.82, 2.24) is 4.90 Å². The maximum atomic E-state index is 10.9. The van der Waals surface area contributed by atoms with Gasteiger partial charge in [-0.1, -0.05) is 0 Å². The third-order valence-electron chi connectivity index (χ3n) is 2.99. The predicted molar refractivity (Wildman–Crippen MR) is 49.5 cm³/mol. The van der Waals surface area contributed by atoms with E-state index >= 15 is 0 Å². The average Bonchev–Trinajstić information content (AvgIpc) is 2.66. The van der Waals surface area contributed by atoms with E-state index in [4.69, 9.17) is 19.7 Å². The Hall–Kier alpha value is -0.850. The van der Waals surface area contributed by atoms with Crippen molar-refractivity contribution in [1.29, 1.82) is 0 Å². The molecule has 2 aliphatic heterocycles. The summed E-state index contributed by atoms with van der Waals surface area (Å²) in [5, 5.41) is 18.0. The number of aliphatic hydroxyl groups excluding tert-OH is 1. The fourth-order valence-corrected chi connectivity index (χ4v) is 2.22. The maximum absolute atomic E-state index is 10.9. The van der Waals surface area contributed by atoms with E-state index in [9.17, 15) is 4.79 Å². The monoisotopic (exact) mass is 217 g/mol. The number of piperidine rings is 1. The van der Waals surface area contributed by atoms with Crippen LogP contribution in [0.4, 0.5) is 4.79 Å². The number of likely N-dealkylation sites (tertiary alicyclic amines) is 1. The highest BCUT2D eigenvalue weighted by molar-refractivity contribution is 5.65. The van der Waals surface area contributed by atoms with Gasteiger partial charge in [0.1, 0.15) is 0 Å². The molecule has 0 aromatic rings. The fraction of sp³-hybridized carbons (Fsp3) is 0.889. The summed E-state index contributed by atoms with van der Waals surface area (Å²) in [6.45, 7) is 1.25. The largest absolute Gasteiger partial charge is 0.465 e. The van der Waals surface area contributed by atoms with E-state index in [2.05, 4.69) is 0 Å². The van der Waals surface area contributed by atoms with Gasteiger partial charge in [0.2, 0.25) is 0 Å². The Morgan fingerprint density at radius 3 is 2.67 bits per heavy atom. The van der Waals surface area contributed by atoms with Crippen molar-refractivity contribution in [2.75, 3.05) is 26.4 Å². The van der Waals surface area contributed by atoms with Gasteiger partial charge in [-0.2, -0.15) is 0 Å². The molecule has 0 radical (unpaired) electrons. The zero-order valence-corrected chi connectivity index (χ0v) is 8.39. The molecule has 0 aromatic heterocycles. The smallest absolute Gasteiger partial charge is 0.407 e. The van der Waals surface area contributed by atoms with Crippen molar-refractivity contribution in [3.8, 4) is 0 Å². The Morgan fingerprint density at radius 1 is 1.47 bits per heavy atom. The Labute approximate surface area is 87.4 Å². The molecule has 0 saturated carbocycles. The number of rotatable bonds is 1.